The Hall–Kier alpha value is -2.95. The fourth-order valence-corrected chi connectivity index (χ4v) is 3.13. The number of carbonyl (C=O) groups is 1. The molecule has 5 N–H and O–H groups in total. The molecule has 0 bridgehead atoms. The molecule has 0 spiro atoms. The van der Waals surface area contributed by atoms with E-state index in [0.29, 0.717) is 5.75 Å². The van der Waals surface area contributed by atoms with E-state index in [1.807, 2.05) is 0 Å². The van der Waals surface area contributed by atoms with Crippen LogP contribution in [-0.4, -0.2) is 75.7 Å². The summed E-state index contributed by atoms with van der Waals surface area (Å²) in [6.07, 6.45) is -4.70. The average Bonchev–Trinajstić information content (AvgIpc) is 2.78. The maximum atomic E-state index is 12.8. The molecule has 2 aromatic carbocycles. The number of rotatable bonds is 7. The molecule has 0 saturated carbocycles. The standard InChI is InChI=1S/C22H24O9/c1-29-13-8-5-12(6-9-13)7-10-15(25)18-14(24)3-2-4-16(18)30-22-21(28)20(27)19(26)17(11-23)31-22/h2-10,17,19-24,26-28H,11H2,1H3/t17-,19-,20+,21-,22-/m1/s1. The van der Waals surface area contributed by atoms with E-state index >= 15 is 0 Å². The van der Waals surface area contributed by atoms with Gasteiger partial charge in [0, 0.05) is 0 Å². The molecule has 0 amide bonds. The summed E-state index contributed by atoms with van der Waals surface area (Å²) in [6, 6.07) is 11.1. The van der Waals surface area contributed by atoms with Gasteiger partial charge in [0.2, 0.25) is 6.29 Å². The van der Waals surface area contributed by atoms with Crippen molar-refractivity contribution in [2.75, 3.05) is 13.7 Å². The maximum Gasteiger partial charge on any atom is 0.229 e. The van der Waals surface area contributed by atoms with E-state index in [9.17, 15) is 30.3 Å². The Balaban J connectivity index is 1.82. The largest absolute Gasteiger partial charge is 0.507 e. The Labute approximate surface area is 178 Å². The number of hydrogen-bond acceptors (Lipinski definition) is 9. The molecule has 1 aliphatic heterocycles. The van der Waals surface area contributed by atoms with Crippen LogP contribution in [0.25, 0.3) is 6.08 Å². The van der Waals surface area contributed by atoms with E-state index in [4.69, 9.17) is 14.2 Å². The number of ether oxygens (including phenoxy) is 3. The molecule has 1 fully saturated rings. The van der Waals surface area contributed by atoms with Crippen LogP contribution in [0.5, 0.6) is 17.2 Å². The van der Waals surface area contributed by atoms with E-state index in [-0.39, 0.29) is 17.1 Å². The monoisotopic (exact) mass is 432 g/mol. The van der Waals surface area contributed by atoms with Crippen molar-refractivity contribution in [2.45, 2.75) is 30.7 Å². The normalized spacial score (nSPS) is 26.0. The molecule has 3 rings (SSSR count). The Bertz CT molecular complexity index is 923. The highest BCUT2D eigenvalue weighted by atomic mass is 16.7. The molecule has 0 unspecified atom stereocenters. The van der Waals surface area contributed by atoms with Gasteiger partial charge >= 0.3 is 0 Å². The summed E-state index contributed by atoms with van der Waals surface area (Å²) in [5.74, 6) is -0.368. The number of benzene rings is 2. The van der Waals surface area contributed by atoms with Gasteiger partial charge in [0.05, 0.1) is 13.7 Å². The van der Waals surface area contributed by atoms with E-state index < -0.39 is 43.1 Å². The number of methoxy groups -OCH3 is 1. The minimum atomic E-state index is -1.65. The highest BCUT2D eigenvalue weighted by Crippen LogP contribution is 2.32. The van der Waals surface area contributed by atoms with Crippen molar-refractivity contribution in [2.24, 2.45) is 0 Å². The number of carbonyl (C=O) groups excluding carboxylic acids is 1. The van der Waals surface area contributed by atoms with Gasteiger partial charge in [-0.25, -0.2) is 0 Å². The molecular formula is C22H24O9. The van der Waals surface area contributed by atoms with Crippen LogP contribution in [0, 0.1) is 0 Å². The van der Waals surface area contributed by atoms with Gasteiger partial charge in [0.25, 0.3) is 0 Å². The minimum Gasteiger partial charge on any atom is -0.507 e. The topological polar surface area (TPSA) is 146 Å². The zero-order valence-electron chi connectivity index (χ0n) is 16.7. The third-order valence-electron chi connectivity index (χ3n) is 4.89. The van der Waals surface area contributed by atoms with Gasteiger partial charge in [-0.3, -0.25) is 4.79 Å². The first-order valence-corrected chi connectivity index (χ1v) is 9.51. The van der Waals surface area contributed by atoms with Crippen LogP contribution >= 0.6 is 0 Å². The van der Waals surface area contributed by atoms with Gasteiger partial charge in [-0.15, -0.1) is 0 Å². The molecule has 0 radical (unpaired) electrons. The second-order valence-electron chi connectivity index (χ2n) is 6.94. The number of aliphatic hydroxyl groups excluding tert-OH is 4. The van der Waals surface area contributed by atoms with E-state index in [1.54, 1.807) is 37.5 Å². The van der Waals surface area contributed by atoms with Crippen LogP contribution in [0.1, 0.15) is 15.9 Å². The summed E-state index contributed by atoms with van der Waals surface area (Å²) < 4.78 is 15.9. The number of allylic oxidation sites excluding steroid dienone is 1. The first-order valence-electron chi connectivity index (χ1n) is 9.51. The van der Waals surface area contributed by atoms with Crippen molar-refractivity contribution >= 4 is 11.9 Å². The first-order chi connectivity index (χ1) is 14.8. The van der Waals surface area contributed by atoms with Crippen LogP contribution in [0.3, 0.4) is 0 Å². The number of aliphatic hydroxyl groups is 4. The zero-order valence-corrected chi connectivity index (χ0v) is 16.7. The van der Waals surface area contributed by atoms with Crippen molar-refractivity contribution in [1.29, 1.82) is 0 Å². The second kappa shape index (κ2) is 9.90. The van der Waals surface area contributed by atoms with Gasteiger partial charge in [-0.2, -0.15) is 0 Å². The Kier molecular flexibility index (Phi) is 7.26. The van der Waals surface area contributed by atoms with Crippen LogP contribution in [-0.2, 0) is 4.74 Å². The lowest BCUT2D eigenvalue weighted by atomic mass is 9.99. The number of ketones is 1. The number of aromatic hydroxyl groups is 1. The number of hydrogen-bond donors (Lipinski definition) is 5. The highest BCUT2D eigenvalue weighted by molar-refractivity contribution is 6.10. The first kappa shape index (κ1) is 22.7. The molecule has 9 heteroatoms. The minimum absolute atomic E-state index is 0.103. The van der Waals surface area contributed by atoms with Gasteiger partial charge < -0.3 is 39.7 Å². The number of phenolic OH excluding ortho intramolecular Hbond substituents is 1. The van der Waals surface area contributed by atoms with Gasteiger partial charge in [-0.05, 0) is 35.9 Å². The Morgan fingerprint density at radius 1 is 1.06 bits per heavy atom. The fraction of sp³-hybridized carbons (Fsp3) is 0.318. The molecule has 1 heterocycles. The summed E-state index contributed by atoms with van der Waals surface area (Å²) in [6.45, 7) is -0.624. The summed E-state index contributed by atoms with van der Waals surface area (Å²) in [5.41, 5.74) is 0.546. The van der Waals surface area contributed by atoms with E-state index in [0.717, 1.165) is 5.56 Å². The molecule has 9 nitrogen and oxygen atoms in total. The quantitative estimate of drug-likeness (QED) is 0.311. The Morgan fingerprint density at radius 2 is 1.77 bits per heavy atom. The Morgan fingerprint density at radius 3 is 2.42 bits per heavy atom. The third kappa shape index (κ3) is 5.04. The SMILES string of the molecule is COc1ccc(C=CC(=O)c2c(O)cccc2O[C@@H]2O[C@H](CO)[C@@H](O)[C@H](O)[C@H]2O)cc1. The predicted octanol–water partition coefficient (Wildman–Crippen LogP) is 0.476. The smallest absolute Gasteiger partial charge is 0.229 e. The summed E-state index contributed by atoms with van der Waals surface area (Å²) in [7, 11) is 1.55. The fourth-order valence-electron chi connectivity index (χ4n) is 3.13. The van der Waals surface area contributed by atoms with Crippen LogP contribution in [0.4, 0.5) is 0 Å². The van der Waals surface area contributed by atoms with Crippen molar-refractivity contribution in [3.63, 3.8) is 0 Å². The molecule has 2 aromatic rings. The summed E-state index contributed by atoms with van der Waals surface area (Å²) >= 11 is 0. The molecule has 0 aromatic heterocycles. The van der Waals surface area contributed by atoms with Crippen molar-refractivity contribution in [3.8, 4) is 17.2 Å². The number of phenols is 1. The van der Waals surface area contributed by atoms with E-state index in [1.165, 1.54) is 24.3 Å². The molecule has 5 atom stereocenters. The lowest BCUT2D eigenvalue weighted by Crippen LogP contribution is -2.60. The van der Waals surface area contributed by atoms with Crippen molar-refractivity contribution in [1.82, 2.24) is 0 Å². The second-order valence-corrected chi connectivity index (χ2v) is 6.94. The predicted molar refractivity (Wildman–Crippen MR) is 109 cm³/mol. The lowest BCUT2D eigenvalue weighted by Gasteiger charge is -2.39. The van der Waals surface area contributed by atoms with E-state index in [2.05, 4.69) is 0 Å². The van der Waals surface area contributed by atoms with Crippen LogP contribution in [0.15, 0.2) is 48.5 Å². The van der Waals surface area contributed by atoms with Gasteiger partial charge in [0.15, 0.2) is 5.78 Å². The molecule has 0 aliphatic carbocycles. The summed E-state index contributed by atoms with van der Waals surface area (Å²) in [4.78, 5) is 12.8. The highest BCUT2D eigenvalue weighted by Gasteiger charge is 2.45. The van der Waals surface area contributed by atoms with Crippen LogP contribution < -0.4 is 9.47 Å². The van der Waals surface area contributed by atoms with Gasteiger partial charge in [0.1, 0.15) is 47.2 Å². The summed E-state index contributed by atoms with van der Waals surface area (Å²) in [5, 5.41) is 49.5. The molecule has 1 aliphatic rings. The molecule has 1 saturated heterocycles. The third-order valence-corrected chi connectivity index (χ3v) is 4.89. The van der Waals surface area contributed by atoms with Crippen molar-refractivity contribution in [3.05, 3.63) is 59.7 Å². The maximum absolute atomic E-state index is 12.8. The molecular weight excluding hydrogens is 408 g/mol. The van der Waals surface area contributed by atoms with Gasteiger partial charge in [-0.1, -0.05) is 24.3 Å². The molecule has 31 heavy (non-hydrogen) atoms. The zero-order chi connectivity index (χ0) is 22.5. The van der Waals surface area contributed by atoms with Crippen LogP contribution in [0.2, 0.25) is 0 Å². The van der Waals surface area contributed by atoms with Crippen molar-refractivity contribution < 1.29 is 44.5 Å². The lowest BCUT2D eigenvalue weighted by molar-refractivity contribution is -0.277. The molecule has 166 valence electrons. The average molecular weight is 432 g/mol.